The molecule has 1 saturated carbocycles. The van der Waals surface area contributed by atoms with Crippen molar-refractivity contribution in [2.75, 3.05) is 21.3 Å². The maximum absolute atomic E-state index is 6.39. The number of hydrogen-bond donors (Lipinski definition) is 0. The largest absolute Gasteiger partial charge is 0.493 e. The van der Waals surface area contributed by atoms with Gasteiger partial charge in [0.05, 0.1) is 11.9 Å². The van der Waals surface area contributed by atoms with Crippen LogP contribution in [-0.4, -0.2) is 38.0 Å². The average molecular weight is 369 g/mol. The Labute approximate surface area is 139 Å². The first-order valence-electron chi connectivity index (χ1n) is 7.77. The number of hydrogen-bond acceptors (Lipinski definition) is 4. The first kappa shape index (κ1) is 14.8. The maximum atomic E-state index is 6.39. The van der Waals surface area contributed by atoms with Crippen molar-refractivity contribution in [2.45, 2.75) is 41.9 Å². The summed E-state index contributed by atoms with van der Waals surface area (Å²) in [4.78, 5) is 0.114. The molecule has 5 heteroatoms. The molecule has 0 amide bonds. The maximum Gasteiger partial charge on any atom is 0.218 e. The summed E-state index contributed by atoms with van der Waals surface area (Å²) < 4.78 is 23.6. The summed E-state index contributed by atoms with van der Waals surface area (Å²) in [5, 5.41) is 0. The Kier molecular flexibility index (Phi) is 3.44. The molecule has 120 valence electrons. The lowest BCUT2D eigenvalue weighted by Gasteiger charge is -2.49. The normalized spacial score (nSPS) is 34.0. The molecule has 4 rings (SSSR count). The van der Waals surface area contributed by atoms with E-state index in [2.05, 4.69) is 22.0 Å². The molecule has 3 unspecified atom stereocenters. The zero-order chi connectivity index (χ0) is 15.5. The van der Waals surface area contributed by atoms with Crippen LogP contribution >= 0.6 is 15.9 Å². The monoisotopic (exact) mass is 368 g/mol. The first-order chi connectivity index (χ1) is 10.7. The predicted molar refractivity (Wildman–Crippen MR) is 86.0 cm³/mol. The highest BCUT2D eigenvalue weighted by atomic mass is 79.9. The number of aryl methyl sites for hydroxylation is 1. The Morgan fingerprint density at radius 2 is 2.00 bits per heavy atom. The van der Waals surface area contributed by atoms with E-state index >= 15 is 0 Å². The molecule has 0 spiro atoms. The average Bonchev–Trinajstić information content (AvgIpc) is 2.95. The van der Waals surface area contributed by atoms with Crippen molar-refractivity contribution in [3.05, 3.63) is 23.3 Å². The molecule has 1 aromatic rings. The van der Waals surface area contributed by atoms with Crippen LogP contribution in [-0.2, 0) is 15.9 Å². The van der Waals surface area contributed by atoms with Crippen molar-refractivity contribution in [3.63, 3.8) is 0 Å². The van der Waals surface area contributed by atoms with E-state index in [9.17, 15) is 0 Å². The standard InChI is InChI=1S/C17H21BrO4/c1-19-11-7-6-9-4-5-10-8-12(18)17(20-2,21-3)16-14(10)13(9)15(11)22-16/h6-7,10,12,14,16H,4-5,8H2,1-3H3/t10?,12?,14?,16-/m0/s1. The summed E-state index contributed by atoms with van der Waals surface area (Å²) in [6.45, 7) is 0. The highest BCUT2D eigenvalue weighted by Crippen LogP contribution is 2.60. The summed E-state index contributed by atoms with van der Waals surface area (Å²) in [6.07, 6.45) is 3.18. The number of rotatable bonds is 3. The molecule has 0 radical (unpaired) electrons. The molecular weight excluding hydrogens is 348 g/mol. The second kappa shape index (κ2) is 5.11. The molecule has 4 nitrogen and oxygen atoms in total. The van der Waals surface area contributed by atoms with Crippen molar-refractivity contribution < 1.29 is 18.9 Å². The van der Waals surface area contributed by atoms with Gasteiger partial charge in [-0.1, -0.05) is 22.0 Å². The van der Waals surface area contributed by atoms with Crippen LogP contribution in [0.4, 0.5) is 0 Å². The Bertz CT molecular complexity index is 599. The lowest BCUT2D eigenvalue weighted by atomic mass is 9.65. The van der Waals surface area contributed by atoms with Crippen LogP contribution in [0.25, 0.3) is 0 Å². The minimum Gasteiger partial charge on any atom is -0.493 e. The van der Waals surface area contributed by atoms with Crippen LogP contribution < -0.4 is 9.47 Å². The molecule has 1 aromatic carbocycles. The quantitative estimate of drug-likeness (QED) is 0.606. The molecule has 2 aliphatic carbocycles. The third-order valence-electron chi connectivity index (χ3n) is 5.65. The Morgan fingerprint density at radius 3 is 2.68 bits per heavy atom. The van der Waals surface area contributed by atoms with Gasteiger partial charge in [0.2, 0.25) is 5.79 Å². The molecule has 22 heavy (non-hydrogen) atoms. The lowest BCUT2D eigenvalue weighted by Crippen LogP contribution is -2.61. The molecule has 4 atom stereocenters. The van der Waals surface area contributed by atoms with Gasteiger partial charge in [-0.15, -0.1) is 0 Å². The van der Waals surface area contributed by atoms with Gasteiger partial charge in [-0.25, -0.2) is 0 Å². The fourth-order valence-corrected chi connectivity index (χ4v) is 5.73. The Hall–Kier alpha value is -0.780. The van der Waals surface area contributed by atoms with Gasteiger partial charge in [-0.05, 0) is 36.8 Å². The van der Waals surface area contributed by atoms with E-state index in [0.717, 1.165) is 24.3 Å². The minimum absolute atomic E-state index is 0.114. The topological polar surface area (TPSA) is 36.9 Å². The van der Waals surface area contributed by atoms with Crippen LogP contribution in [0.2, 0.25) is 0 Å². The molecule has 1 aliphatic heterocycles. The highest BCUT2D eigenvalue weighted by molar-refractivity contribution is 9.09. The third-order valence-corrected chi connectivity index (χ3v) is 6.66. The van der Waals surface area contributed by atoms with Crippen molar-refractivity contribution in [3.8, 4) is 11.5 Å². The van der Waals surface area contributed by atoms with Crippen LogP contribution in [0.3, 0.4) is 0 Å². The van der Waals surface area contributed by atoms with E-state index in [-0.39, 0.29) is 10.9 Å². The van der Waals surface area contributed by atoms with E-state index in [1.807, 2.05) is 6.07 Å². The molecule has 0 saturated heterocycles. The third kappa shape index (κ3) is 1.70. The van der Waals surface area contributed by atoms with Gasteiger partial charge in [0.15, 0.2) is 17.6 Å². The Morgan fingerprint density at radius 1 is 1.23 bits per heavy atom. The van der Waals surface area contributed by atoms with Crippen LogP contribution in [0.5, 0.6) is 11.5 Å². The Balaban J connectivity index is 1.88. The van der Waals surface area contributed by atoms with E-state index in [0.29, 0.717) is 11.8 Å². The number of alkyl halides is 1. The van der Waals surface area contributed by atoms with Crippen molar-refractivity contribution in [2.24, 2.45) is 5.92 Å². The van der Waals surface area contributed by atoms with E-state index in [1.54, 1.807) is 21.3 Å². The molecule has 3 aliphatic rings. The van der Waals surface area contributed by atoms with Gasteiger partial charge >= 0.3 is 0 Å². The molecule has 0 bridgehead atoms. The van der Waals surface area contributed by atoms with Gasteiger partial charge in [0.1, 0.15) is 0 Å². The molecule has 1 heterocycles. The fourth-order valence-electron chi connectivity index (χ4n) is 4.62. The zero-order valence-electron chi connectivity index (χ0n) is 13.1. The van der Waals surface area contributed by atoms with Gasteiger partial charge in [0, 0.05) is 25.7 Å². The lowest BCUT2D eigenvalue weighted by molar-refractivity contribution is -0.266. The molecule has 0 aromatic heterocycles. The van der Waals surface area contributed by atoms with Gasteiger partial charge < -0.3 is 18.9 Å². The fraction of sp³-hybridized carbons (Fsp3) is 0.647. The minimum atomic E-state index is -0.764. The second-order valence-corrected chi connectivity index (χ2v) is 7.47. The van der Waals surface area contributed by atoms with Crippen molar-refractivity contribution in [1.29, 1.82) is 0 Å². The number of halogens is 1. The summed E-state index contributed by atoms with van der Waals surface area (Å²) in [5.41, 5.74) is 2.70. The first-order valence-corrected chi connectivity index (χ1v) is 8.68. The zero-order valence-corrected chi connectivity index (χ0v) is 14.7. The van der Waals surface area contributed by atoms with Gasteiger partial charge in [-0.2, -0.15) is 0 Å². The van der Waals surface area contributed by atoms with Crippen LogP contribution in [0, 0.1) is 5.92 Å². The highest BCUT2D eigenvalue weighted by Gasteiger charge is 2.62. The molecular formula is C17H21BrO4. The van der Waals surface area contributed by atoms with Crippen LogP contribution in [0.15, 0.2) is 12.1 Å². The number of ether oxygens (including phenoxy) is 4. The van der Waals surface area contributed by atoms with Crippen LogP contribution in [0.1, 0.15) is 29.9 Å². The SMILES string of the molecule is COc1ccc2c3c1O[C@H]1C3C(CC2)CC(Br)C1(OC)OC. The van der Waals surface area contributed by atoms with E-state index in [4.69, 9.17) is 18.9 Å². The number of benzene rings is 1. The summed E-state index contributed by atoms with van der Waals surface area (Å²) in [5.74, 6) is 1.84. The van der Waals surface area contributed by atoms with Crippen molar-refractivity contribution >= 4 is 15.9 Å². The molecule has 0 N–H and O–H groups in total. The summed E-state index contributed by atoms with van der Waals surface area (Å²) in [6, 6.07) is 4.19. The van der Waals surface area contributed by atoms with Gasteiger partial charge in [0.25, 0.3) is 0 Å². The smallest absolute Gasteiger partial charge is 0.218 e. The van der Waals surface area contributed by atoms with Gasteiger partial charge in [-0.3, -0.25) is 0 Å². The summed E-state index contributed by atoms with van der Waals surface area (Å²) >= 11 is 3.79. The molecule has 1 fully saturated rings. The predicted octanol–water partition coefficient (Wildman–Crippen LogP) is 3.26. The van der Waals surface area contributed by atoms with E-state index in [1.165, 1.54) is 17.5 Å². The van der Waals surface area contributed by atoms with E-state index < -0.39 is 5.79 Å². The number of methoxy groups -OCH3 is 3. The summed E-state index contributed by atoms with van der Waals surface area (Å²) in [7, 11) is 5.09. The van der Waals surface area contributed by atoms with Crippen molar-refractivity contribution in [1.82, 2.24) is 0 Å². The second-order valence-electron chi connectivity index (χ2n) is 6.37.